The first-order chi connectivity index (χ1) is 10.1. The normalized spacial score (nSPS) is 17.4. The van der Waals surface area contributed by atoms with Crippen molar-refractivity contribution in [3.63, 3.8) is 0 Å². The lowest BCUT2D eigenvalue weighted by atomic mass is 10.1. The largest absolute Gasteiger partial charge is 0.477 e. The zero-order chi connectivity index (χ0) is 15.0. The van der Waals surface area contributed by atoms with Crippen LogP contribution in [0.3, 0.4) is 0 Å². The quantitative estimate of drug-likeness (QED) is 0.889. The average molecular weight is 344 g/mol. The van der Waals surface area contributed by atoms with Gasteiger partial charge in [0, 0.05) is 29.7 Å². The first-order valence-electron chi connectivity index (χ1n) is 6.55. The average Bonchev–Trinajstić information content (AvgIpc) is 3.05. The lowest BCUT2D eigenvalue weighted by Crippen LogP contribution is -2.27. The Bertz CT molecular complexity index is 672. The van der Waals surface area contributed by atoms with Crippen LogP contribution >= 0.6 is 24.0 Å². The second kappa shape index (κ2) is 6.56. The number of anilines is 1. The third-order valence-corrected chi connectivity index (χ3v) is 3.77. The van der Waals surface area contributed by atoms with Crippen molar-refractivity contribution >= 4 is 35.8 Å². The van der Waals surface area contributed by atoms with Crippen LogP contribution in [0, 0.1) is 0 Å². The van der Waals surface area contributed by atoms with Gasteiger partial charge in [-0.1, -0.05) is 16.8 Å². The van der Waals surface area contributed by atoms with E-state index in [0.717, 1.165) is 6.42 Å². The molecule has 22 heavy (non-hydrogen) atoms. The maximum absolute atomic E-state index is 11.6. The summed E-state index contributed by atoms with van der Waals surface area (Å²) in [6, 6.07) is 6.79. The van der Waals surface area contributed by atoms with E-state index in [-0.39, 0.29) is 29.8 Å². The standard InChI is InChI=1S/C14H14ClN3O3.ClH/c15-9-3-1-8(2-4-9)12-11(14(19)20)13(17-21-12)18-6-5-10(16)7-18;/h1-4,10H,5-7,16H2,(H,19,20);1H. The van der Waals surface area contributed by atoms with E-state index in [1.807, 2.05) is 4.90 Å². The molecule has 118 valence electrons. The number of hydrogen-bond donors (Lipinski definition) is 2. The number of aromatic nitrogens is 1. The molecule has 0 bridgehead atoms. The summed E-state index contributed by atoms with van der Waals surface area (Å²) in [6.45, 7) is 1.25. The maximum Gasteiger partial charge on any atom is 0.343 e. The van der Waals surface area contributed by atoms with Gasteiger partial charge in [-0.2, -0.15) is 0 Å². The third-order valence-electron chi connectivity index (χ3n) is 3.52. The molecule has 1 unspecified atom stereocenters. The number of rotatable bonds is 3. The van der Waals surface area contributed by atoms with E-state index in [9.17, 15) is 9.90 Å². The van der Waals surface area contributed by atoms with Gasteiger partial charge in [0.15, 0.2) is 17.1 Å². The highest BCUT2D eigenvalue weighted by molar-refractivity contribution is 6.30. The van der Waals surface area contributed by atoms with Crippen LogP contribution in [0.25, 0.3) is 11.3 Å². The highest BCUT2D eigenvalue weighted by atomic mass is 35.5. The Kier molecular flexibility index (Phi) is 4.95. The molecule has 1 aromatic heterocycles. The monoisotopic (exact) mass is 343 g/mol. The Labute approximate surface area is 138 Å². The van der Waals surface area contributed by atoms with Gasteiger partial charge in [-0.15, -0.1) is 12.4 Å². The van der Waals surface area contributed by atoms with E-state index in [4.69, 9.17) is 21.9 Å². The summed E-state index contributed by atoms with van der Waals surface area (Å²) >= 11 is 5.84. The first kappa shape index (κ1) is 16.6. The first-order valence-corrected chi connectivity index (χ1v) is 6.93. The van der Waals surface area contributed by atoms with Gasteiger partial charge in [-0.3, -0.25) is 0 Å². The summed E-state index contributed by atoms with van der Waals surface area (Å²) in [4.78, 5) is 13.4. The molecular formula is C14H15Cl2N3O3. The van der Waals surface area contributed by atoms with Gasteiger partial charge in [0.25, 0.3) is 0 Å². The fourth-order valence-electron chi connectivity index (χ4n) is 2.47. The van der Waals surface area contributed by atoms with Crippen LogP contribution in [0.4, 0.5) is 5.82 Å². The van der Waals surface area contributed by atoms with Crippen LogP contribution in [0.5, 0.6) is 0 Å². The molecule has 1 aromatic carbocycles. The van der Waals surface area contributed by atoms with Crippen LogP contribution in [-0.2, 0) is 0 Å². The Morgan fingerprint density at radius 2 is 2.09 bits per heavy atom. The second-order valence-corrected chi connectivity index (χ2v) is 5.45. The molecule has 0 saturated carbocycles. The fourth-order valence-corrected chi connectivity index (χ4v) is 2.59. The third kappa shape index (κ3) is 3.04. The minimum Gasteiger partial charge on any atom is -0.477 e. The maximum atomic E-state index is 11.6. The molecule has 1 atom stereocenters. The van der Waals surface area contributed by atoms with Crippen LogP contribution in [0.1, 0.15) is 16.8 Å². The molecule has 1 fully saturated rings. The molecule has 8 heteroatoms. The number of benzene rings is 1. The topological polar surface area (TPSA) is 92.6 Å². The predicted octanol–water partition coefficient (Wildman–Crippen LogP) is 2.65. The number of hydrogen-bond acceptors (Lipinski definition) is 5. The van der Waals surface area contributed by atoms with E-state index >= 15 is 0 Å². The Morgan fingerprint density at radius 3 is 2.64 bits per heavy atom. The van der Waals surface area contributed by atoms with Gasteiger partial charge in [-0.05, 0) is 30.7 Å². The zero-order valence-electron chi connectivity index (χ0n) is 11.5. The van der Waals surface area contributed by atoms with E-state index in [0.29, 0.717) is 29.5 Å². The van der Waals surface area contributed by atoms with Crippen LogP contribution in [0.2, 0.25) is 5.02 Å². The number of carboxylic acids is 1. The minimum atomic E-state index is -1.07. The molecule has 1 aliphatic heterocycles. The lowest BCUT2D eigenvalue weighted by Gasteiger charge is -2.14. The molecule has 0 radical (unpaired) electrons. The van der Waals surface area contributed by atoms with Gasteiger partial charge in [0.2, 0.25) is 0 Å². The molecule has 1 aliphatic rings. The Hall–Kier alpha value is -1.76. The summed E-state index contributed by atoms with van der Waals surface area (Å²) in [6.07, 6.45) is 0.808. The van der Waals surface area contributed by atoms with Crippen molar-refractivity contribution in [1.82, 2.24) is 5.16 Å². The van der Waals surface area contributed by atoms with Gasteiger partial charge in [0.1, 0.15) is 0 Å². The molecular weight excluding hydrogens is 329 g/mol. The van der Waals surface area contributed by atoms with Crippen molar-refractivity contribution in [2.45, 2.75) is 12.5 Å². The highest BCUT2D eigenvalue weighted by Gasteiger charge is 2.30. The second-order valence-electron chi connectivity index (χ2n) is 5.02. The highest BCUT2D eigenvalue weighted by Crippen LogP contribution is 2.33. The SMILES string of the molecule is Cl.NC1CCN(c2noc(-c3ccc(Cl)cc3)c2C(=O)O)C1. The smallest absolute Gasteiger partial charge is 0.343 e. The molecule has 3 rings (SSSR count). The Morgan fingerprint density at radius 1 is 1.41 bits per heavy atom. The van der Waals surface area contributed by atoms with Gasteiger partial charge >= 0.3 is 5.97 Å². The van der Waals surface area contributed by atoms with Crippen molar-refractivity contribution in [3.8, 4) is 11.3 Å². The van der Waals surface area contributed by atoms with Crippen LogP contribution < -0.4 is 10.6 Å². The molecule has 0 spiro atoms. The van der Waals surface area contributed by atoms with Crippen LogP contribution in [-0.4, -0.2) is 35.4 Å². The van der Waals surface area contributed by atoms with Gasteiger partial charge < -0.3 is 20.3 Å². The summed E-state index contributed by atoms with van der Waals surface area (Å²) in [5.41, 5.74) is 6.55. The molecule has 0 amide bonds. The zero-order valence-corrected chi connectivity index (χ0v) is 13.1. The van der Waals surface area contributed by atoms with E-state index < -0.39 is 5.97 Å². The van der Waals surface area contributed by atoms with Crippen molar-refractivity contribution < 1.29 is 14.4 Å². The fraction of sp³-hybridized carbons (Fsp3) is 0.286. The van der Waals surface area contributed by atoms with Crippen molar-refractivity contribution in [2.75, 3.05) is 18.0 Å². The van der Waals surface area contributed by atoms with E-state index in [2.05, 4.69) is 5.16 Å². The lowest BCUT2D eigenvalue weighted by molar-refractivity contribution is 0.0698. The van der Waals surface area contributed by atoms with E-state index in [1.165, 1.54) is 0 Å². The van der Waals surface area contributed by atoms with Gasteiger partial charge in [-0.25, -0.2) is 4.79 Å². The molecule has 1 saturated heterocycles. The number of carbonyl (C=O) groups is 1. The summed E-state index contributed by atoms with van der Waals surface area (Å²) in [7, 11) is 0. The number of nitrogens with zero attached hydrogens (tertiary/aromatic N) is 2. The summed E-state index contributed by atoms with van der Waals surface area (Å²) in [5, 5.41) is 14.0. The van der Waals surface area contributed by atoms with Crippen molar-refractivity contribution in [3.05, 3.63) is 34.9 Å². The van der Waals surface area contributed by atoms with Crippen molar-refractivity contribution in [1.29, 1.82) is 0 Å². The molecule has 3 N–H and O–H groups in total. The number of nitrogens with two attached hydrogens (primary N) is 1. The molecule has 0 aliphatic carbocycles. The molecule has 2 aromatic rings. The predicted molar refractivity (Wildman–Crippen MR) is 86.0 cm³/mol. The summed E-state index contributed by atoms with van der Waals surface area (Å²) in [5.74, 6) is -0.508. The van der Waals surface area contributed by atoms with Crippen LogP contribution in [0.15, 0.2) is 28.8 Å². The molecule has 6 nitrogen and oxygen atoms in total. The Balaban J connectivity index is 0.00000176. The molecule has 2 heterocycles. The summed E-state index contributed by atoms with van der Waals surface area (Å²) < 4.78 is 5.27. The van der Waals surface area contributed by atoms with Gasteiger partial charge in [0.05, 0.1) is 0 Å². The van der Waals surface area contributed by atoms with E-state index in [1.54, 1.807) is 24.3 Å². The number of aromatic carboxylic acids is 1. The number of carboxylic acid groups (broad SMARTS) is 1. The van der Waals surface area contributed by atoms with Crippen molar-refractivity contribution in [2.24, 2.45) is 5.73 Å². The number of halogens is 2. The minimum absolute atomic E-state index is 0.